The first-order valence-electron chi connectivity index (χ1n) is 12.4. The van der Waals surface area contributed by atoms with Gasteiger partial charge in [-0.1, -0.05) is 18.2 Å². The molecule has 1 aromatic heterocycles. The quantitative estimate of drug-likeness (QED) is 0.255. The summed E-state index contributed by atoms with van der Waals surface area (Å²) < 4.78 is 24.7. The van der Waals surface area contributed by atoms with Crippen LogP contribution in [0.2, 0.25) is 0 Å². The molecule has 202 valence electrons. The third-order valence-corrected chi connectivity index (χ3v) is 5.86. The lowest BCUT2D eigenvalue weighted by Gasteiger charge is -2.19. The SMILES string of the molecule is COC(=O)Cc1ccccc1NC(=O)c1cc(-c2cc(F)cc(CNC(=O)OC(C)(C)C)c2)c2cc[nH]c2c1. The van der Waals surface area contributed by atoms with Gasteiger partial charge in [0.15, 0.2) is 0 Å². The highest BCUT2D eigenvalue weighted by Gasteiger charge is 2.18. The van der Waals surface area contributed by atoms with E-state index in [4.69, 9.17) is 9.47 Å². The van der Waals surface area contributed by atoms with Crippen LogP contribution in [0.1, 0.15) is 42.3 Å². The van der Waals surface area contributed by atoms with Crippen LogP contribution in [0.3, 0.4) is 0 Å². The Labute approximate surface area is 225 Å². The van der Waals surface area contributed by atoms with Gasteiger partial charge in [-0.2, -0.15) is 0 Å². The van der Waals surface area contributed by atoms with Crippen LogP contribution in [0.15, 0.2) is 66.9 Å². The molecular formula is C30H30FN3O5. The number of hydrogen-bond donors (Lipinski definition) is 3. The van der Waals surface area contributed by atoms with E-state index < -0.39 is 29.4 Å². The second kappa shape index (κ2) is 11.4. The lowest BCUT2D eigenvalue weighted by atomic mass is 9.97. The highest BCUT2D eigenvalue weighted by Crippen LogP contribution is 2.32. The molecule has 3 N–H and O–H groups in total. The molecule has 8 nitrogen and oxygen atoms in total. The predicted octanol–water partition coefficient (Wildman–Crippen LogP) is 5.97. The summed E-state index contributed by atoms with van der Waals surface area (Å²) in [5, 5.41) is 6.31. The topological polar surface area (TPSA) is 110 Å². The number of benzene rings is 3. The van der Waals surface area contributed by atoms with E-state index in [2.05, 4.69) is 15.6 Å². The number of hydrogen-bond acceptors (Lipinski definition) is 5. The van der Waals surface area contributed by atoms with E-state index in [1.807, 2.05) is 6.07 Å². The maximum Gasteiger partial charge on any atom is 0.407 e. The number of amides is 2. The van der Waals surface area contributed by atoms with Gasteiger partial charge in [0, 0.05) is 34.9 Å². The molecule has 0 aliphatic rings. The Morgan fingerprint density at radius 2 is 1.77 bits per heavy atom. The number of aromatic amines is 1. The number of anilines is 1. The van der Waals surface area contributed by atoms with Crippen LogP contribution in [0, 0.1) is 5.82 Å². The number of H-pyrrole nitrogens is 1. The Bertz CT molecular complexity index is 1540. The number of aromatic nitrogens is 1. The fourth-order valence-electron chi connectivity index (χ4n) is 4.15. The zero-order valence-corrected chi connectivity index (χ0v) is 22.2. The van der Waals surface area contributed by atoms with Gasteiger partial charge < -0.3 is 25.1 Å². The molecule has 4 aromatic rings. The Morgan fingerprint density at radius 3 is 2.51 bits per heavy atom. The van der Waals surface area contributed by atoms with Crippen LogP contribution in [0.5, 0.6) is 0 Å². The highest BCUT2D eigenvalue weighted by atomic mass is 19.1. The highest BCUT2D eigenvalue weighted by molar-refractivity contribution is 6.09. The molecule has 0 aliphatic heterocycles. The number of carbonyl (C=O) groups is 3. The number of para-hydroxylation sites is 1. The third-order valence-electron chi connectivity index (χ3n) is 5.86. The van der Waals surface area contributed by atoms with Crippen molar-refractivity contribution in [3.05, 3.63) is 89.4 Å². The minimum Gasteiger partial charge on any atom is -0.469 e. The van der Waals surface area contributed by atoms with Crippen molar-refractivity contribution >= 4 is 34.6 Å². The predicted molar refractivity (Wildman–Crippen MR) is 147 cm³/mol. The largest absolute Gasteiger partial charge is 0.469 e. The molecule has 2 amide bonds. The van der Waals surface area contributed by atoms with Crippen LogP contribution in [-0.4, -0.2) is 35.7 Å². The lowest BCUT2D eigenvalue weighted by Crippen LogP contribution is -2.32. The van der Waals surface area contributed by atoms with Gasteiger partial charge in [-0.05, 0) is 85.5 Å². The van der Waals surface area contributed by atoms with Crippen molar-refractivity contribution in [2.45, 2.75) is 39.3 Å². The molecular weight excluding hydrogens is 501 g/mol. The summed E-state index contributed by atoms with van der Waals surface area (Å²) in [4.78, 5) is 40.3. The minimum absolute atomic E-state index is 0.0112. The molecule has 0 bridgehead atoms. The molecule has 0 radical (unpaired) electrons. The van der Waals surface area contributed by atoms with Crippen molar-refractivity contribution in [1.82, 2.24) is 10.3 Å². The number of fused-ring (bicyclic) bond motifs is 1. The molecule has 4 rings (SSSR count). The standard InChI is InChI=1S/C30H30FN3O5/c1-30(2,3)39-29(37)33-17-18-11-20(13-22(31)12-18)24-14-21(15-26-23(24)9-10-32-26)28(36)34-25-8-6-5-7-19(25)16-27(35)38-4/h5-15,32H,16-17H2,1-4H3,(H,33,37)(H,34,36). The first-order chi connectivity index (χ1) is 18.5. The van der Waals surface area contributed by atoms with Gasteiger partial charge in [0.25, 0.3) is 5.91 Å². The van der Waals surface area contributed by atoms with Gasteiger partial charge in [0.2, 0.25) is 0 Å². The van der Waals surface area contributed by atoms with Gasteiger partial charge in [-0.25, -0.2) is 9.18 Å². The molecule has 0 aliphatic carbocycles. The molecule has 0 spiro atoms. The van der Waals surface area contributed by atoms with Crippen molar-refractivity contribution in [3.63, 3.8) is 0 Å². The Balaban J connectivity index is 1.64. The number of nitrogens with one attached hydrogen (secondary N) is 3. The van der Waals surface area contributed by atoms with Crippen LogP contribution >= 0.6 is 0 Å². The Kier molecular flexibility index (Phi) is 7.99. The Hall–Kier alpha value is -4.66. The summed E-state index contributed by atoms with van der Waals surface area (Å²) in [5.41, 5.74) is 3.20. The summed E-state index contributed by atoms with van der Waals surface area (Å²) in [6.45, 7) is 5.34. The summed E-state index contributed by atoms with van der Waals surface area (Å²) in [5.74, 6) is -1.30. The van der Waals surface area contributed by atoms with Crippen LogP contribution in [0.25, 0.3) is 22.0 Å². The van der Waals surface area contributed by atoms with Crippen molar-refractivity contribution in [3.8, 4) is 11.1 Å². The van der Waals surface area contributed by atoms with Gasteiger partial charge in [0.05, 0.1) is 13.5 Å². The summed E-state index contributed by atoms with van der Waals surface area (Å²) >= 11 is 0. The number of esters is 1. The zero-order chi connectivity index (χ0) is 28.2. The van der Waals surface area contributed by atoms with E-state index in [0.29, 0.717) is 39.0 Å². The van der Waals surface area contributed by atoms with Crippen molar-refractivity contribution in [2.75, 3.05) is 12.4 Å². The third kappa shape index (κ3) is 7.01. The zero-order valence-electron chi connectivity index (χ0n) is 22.2. The fourth-order valence-corrected chi connectivity index (χ4v) is 4.15. The van der Waals surface area contributed by atoms with E-state index >= 15 is 0 Å². The first kappa shape index (κ1) is 27.4. The van der Waals surface area contributed by atoms with E-state index in [1.165, 1.54) is 19.2 Å². The maximum absolute atomic E-state index is 14.7. The summed E-state index contributed by atoms with van der Waals surface area (Å²) in [6.07, 6.45) is 1.15. The number of ether oxygens (including phenoxy) is 2. The monoisotopic (exact) mass is 531 g/mol. The lowest BCUT2D eigenvalue weighted by molar-refractivity contribution is -0.139. The Morgan fingerprint density at radius 1 is 1.00 bits per heavy atom. The summed E-state index contributed by atoms with van der Waals surface area (Å²) in [6, 6.07) is 16.7. The molecule has 0 atom stereocenters. The summed E-state index contributed by atoms with van der Waals surface area (Å²) in [7, 11) is 1.31. The smallest absolute Gasteiger partial charge is 0.407 e. The molecule has 0 fully saturated rings. The van der Waals surface area contributed by atoms with Crippen molar-refractivity contribution in [2.24, 2.45) is 0 Å². The normalized spacial score (nSPS) is 11.2. The van der Waals surface area contributed by atoms with Gasteiger partial charge in [-0.3, -0.25) is 9.59 Å². The van der Waals surface area contributed by atoms with Crippen molar-refractivity contribution < 1.29 is 28.2 Å². The second-order valence-corrected chi connectivity index (χ2v) is 10.0. The molecule has 9 heteroatoms. The van der Waals surface area contributed by atoms with E-state index in [-0.39, 0.29) is 13.0 Å². The molecule has 1 heterocycles. The van der Waals surface area contributed by atoms with Crippen molar-refractivity contribution in [1.29, 1.82) is 0 Å². The molecule has 0 unspecified atom stereocenters. The first-order valence-corrected chi connectivity index (χ1v) is 12.4. The molecule has 0 saturated heterocycles. The van der Waals surface area contributed by atoms with E-state index in [9.17, 15) is 18.8 Å². The number of carbonyl (C=O) groups excluding carboxylic acids is 3. The minimum atomic E-state index is -0.655. The van der Waals surface area contributed by atoms with Crippen LogP contribution < -0.4 is 10.6 Å². The molecule has 0 saturated carbocycles. The van der Waals surface area contributed by atoms with Gasteiger partial charge >= 0.3 is 12.1 Å². The second-order valence-electron chi connectivity index (χ2n) is 10.0. The average Bonchev–Trinajstić information content (AvgIpc) is 3.35. The number of halogens is 1. The van der Waals surface area contributed by atoms with Gasteiger partial charge in [0.1, 0.15) is 11.4 Å². The van der Waals surface area contributed by atoms with E-state index in [0.717, 1.165) is 5.39 Å². The molecule has 3 aromatic carbocycles. The van der Waals surface area contributed by atoms with E-state index in [1.54, 1.807) is 69.4 Å². The number of alkyl carbamates (subject to hydrolysis) is 1. The number of methoxy groups -OCH3 is 1. The fraction of sp³-hybridized carbons (Fsp3) is 0.233. The van der Waals surface area contributed by atoms with Crippen LogP contribution in [-0.2, 0) is 27.2 Å². The maximum atomic E-state index is 14.7. The van der Waals surface area contributed by atoms with Crippen LogP contribution in [0.4, 0.5) is 14.9 Å². The molecule has 39 heavy (non-hydrogen) atoms. The number of rotatable bonds is 7. The van der Waals surface area contributed by atoms with Gasteiger partial charge in [-0.15, -0.1) is 0 Å². The average molecular weight is 532 g/mol.